The molecule has 1 aromatic carbocycles. The highest BCUT2D eigenvalue weighted by molar-refractivity contribution is 5.97. The quantitative estimate of drug-likeness (QED) is 0.835. The van der Waals surface area contributed by atoms with E-state index in [4.69, 9.17) is 0 Å². The molecule has 5 nitrogen and oxygen atoms in total. The van der Waals surface area contributed by atoms with Gasteiger partial charge in [0.25, 0.3) is 5.91 Å². The molecule has 0 aliphatic rings. The maximum atomic E-state index is 12.9. The van der Waals surface area contributed by atoms with Crippen molar-refractivity contribution in [2.24, 2.45) is 0 Å². The second-order valence-electron chi connectivity index (χ2n) is 6.00. The SMILES string of the molecule is CCCC(=O)Nc1cc(C(=O)N(CC)Cc2ccncc2)ccc1C. The highest BCUT2D eigenvalue weighted by Gasteiger charge is 2.16. The number of nitrogens with zero attached hydrogens (tertiary/aromatic N) is 2. The normalized spacial score (nSPS) is 10.4. The number of carbonyl (C=O) groups excluding carboxylic acids is 2. The Labute approximate surface area is 149 Å². The fourth-order valence-corrected chi connectivity index (χ4v) is 2.55. The topological polar surface area (TPSA) is 62.3 Å². The first kappa shape index (κ1) is 18.6. The zero-order valence-corrected chi connectivity index (χ0v) is 15.1. The Hall–Kier alpha value is -2.69. The van der Waals surface area contributed by atoms with Gasteiger partial charge in [-0.05, 0) is 55.7 Å². The molecule has 0 aliphatic carbocycles. The van der Waals surface area contributed by atoms with Crippen LogP contribution >= 0.6 is 0 Å². The molecule has 2 rings (SSSR count). The van der Waals surface area contributed by atoms with Gasteiger partial charge in [-0.2, -0.15) is 0 Å². The molecule has 25 heavy (non-hydrogen) atoms. The standard InChI is InChI=1S/C20H25N3O2/c1-4-6-19(24)22-18-13-17(8-7-15(18)3)20(25)23(5-2)14-16-9-11-21-12-10-16/h7-13H,4-6,14H2,1-3H3,(H,22,24). The van der Waals surface area contributed by atoms with Crippen molar-refractivity contribution in [2.45, 2.75) is 40.2 Å². The van der Waals surface area contributed by atoms with Crippen LogP contribution in [0.4, 0.5) is 5.69 Å². The maximum Gasteiger partial charge on any atom is 0.254 e. The summed E-state index contributed by atoms with van der Waals surface area (Å²) >= 11 is 0. The summed E-state index contributed by atoms with van der Waals surface area (Å²) in [6, 6.07) is 9.25. The molecule has 0 saturated carbocycles. The van der Waals surface area contributed by atoms with E-state index in [0.29, 0.717) is 30.8 Å². The van der Waals surface area contributed by atoms with Crippen LogP contribution in [-0.4, -0.2) is 28.2 Å². The van der Waals surface area contributed by atoms with Gasteiger partial charge in [-0.15, -0.1) is 0 Å². The number of hydrogen-bond acceptors (Lipinski definition) is 3. The zero-order chi connectivity index (χ0) is 18.2. The van der Waals surface area contributed by atoms with Crippen molar-refractivity contribution in [2.75, 3.05) is 11.9 Å². The van der Waals surface area contributed by atoms with E-state index in [-0.39, 0.29) is 11.8 Å². The highest BCUT2D eigenvalue weighted by atomic mass is 16.2. The van der Waals surface area contributed by atoms with Gasteiger partial charge in [0.05, 0.1) is 0 Å². The van der Waals surface area contributed by atoms with Gasteiger partial charge in [0.15, 0.2) is 0 Å². The van der Waals surface area contributed by atoms with E-state index in [2.05, 4.69) is 10.3 Å². The monoisotopic (exact) mass is 339 g/mol. The lowest BCUT2D eigenvalue weighted by Crippen LogP contribution is -2.30. The molecule has 0 atom stereocenters. The van der Waals surface area contributed by atoms with Crippen LogP contribution in [0, 0.1) is 6.92 Å². The highest BCUT2D eigenvalue weighted by Crippen LogP contribution is 2.19. The van der Waals surface area contributed by atoms with Gasteiger partial charge in [0, 0.05) is 43.2 Å². The molecule has 1 N–H and O–H groups in total. The lowest BCUT2D eigenvalue weighted by molar-refractivity contribution is -0.116. The van der Waals surface area contributed by atoms with Crippen LogP contribution in [0.2, 0.25) is 0 Å². The second-order valence-corrected chi connectivity index (χ2v) is 6.00. The van der Waals surface area contributed by atoms with Crippen molar-refractivity contribution < 1.29 is 9.59 Å². The summed E-state index contributed by atoms with van der Waals surface area (Å²) in [6.07, 6.45) is 4.71. The van der Waals surface area contributed by atoms with Crippen molar-refractivity contribution in [3.63, 3.8) is 0 Å². The molecule has 2 amide bonds. The maximum absolute atomic E-state index is 12.9. The number of hydrogen-bond donors (Lipinski definition) is 1. The fourth-order valence-electron chi connectivity index (χ4n) is 2.55. The molecule has 132 valence electrons. The predicted octanol–water partition coefficient (Wildman–Crippen LogP) is 3.79. The molecule has 0 bridgehead atoms. The van der Waals surface area contributed by atoms with E-state index in [0.717, 1.165) is 17.5 Å². The van der Waals surface area contributed by atoms with E-state index >= 15 is 0 Å². The summed E-state index contributed by atoms with van der Waals surface area (Å²) in [6.45, 7) is 6.97. The van der Waals surface area contributed by atoms with E-state index in [1.54, 1.807) is 23.4 Å². The Morgan fingerprint density at radius 3 is 2.48 bits per heavy atom. The number of rotatable bonds is 7. The van der Waals surface area contributed by atoms with Gasteiger partial charge in [-0.1, -0.05) is 13.0 Å². The average molecular weight is 339 g/mol. The summed E-state index contributed by atoms with van der Waals surface area (Å²) in [5.74, 6) is -0.0790. The number of aryl methyl sites for hydroxylation is 1. The molecule has 0 radical (unpaired) electrons. The molecule has 0 aliphatic heterocycles. The number of nitrogens with one attached hydrogen (secondary N) is 1. The minimum atomic E-state index is -0.0506. The first-order valence-corrected chi connectivity index (χ1v) is 8.63. The smallest absolute Gasteiger partial charge is 0.254 e. The van der Waals surface area contributed by atoms with Crippen LogP contribution in [-0.2, 0) is 11.3 Å². The first-order valence-electron chi connectivity index (χ1n) is 8.63. The van der Waals surface area contributed by atoms with E-state index in [9.17, 15) is 9.59 Å². The number of amides is 2. The minimum absolute atomic E-state index is 0.0284. The third-order valence-electron chi connectivity index (χ3n) is 4.03. The Balaban J connectivity index is 2.18. The summed E-state index contributed by atoms with van der Waals surface area (Å²) in [5, 5.41) is 2.90. The fraction of sp³-hybridized carbons (Fsp3) is 0.350. The number of aromatic nitrogens is 1. The Morgan fingerprint density at radius 1 is 1.12 bits per heavy atom. The van der Waals surface area contributed by atoms with Gasteiger partial charge < -0.3 is 10.2 Å². The van der Waals surface area contributed by atoms with Crippen LogP contribution in [0.15, 0.2) is 42.7 Å². The Bertz CT molecular complexity index is 729. The van der Waals surface area contributed by atoms with Crippen molar-refractivity contribution in [1.82, 2.24) is 9.88 Å². The van der Waals surface area contributed by atoms with Crippen LogP contribution in [0.5, 0.6) is 0 Å². The summed E-state index contributed by atoms with van der Waals surface area (Å²) in [7, 11) is 0. The van der Waals surface area contributed by atoms with Gasteiger partial charge >= 0.3 is 0 Å². The molecular weight excluding hydrogens is 314 g/mol. The van der Waals surface area contributed by atoms with E-state index < -0.39 is 0 Å². The molecule has 5 heteroatoms. The first-order chi connectivity index (χ1) is 12.0. The molecule has 2 aromatic rings. The van der Waals surface area contributed by atoms with Crippen LogP contribution < -0.4 is 5.32 Å². The van der Waals surface area contributed by atoms with Gasteiger partial charge in [-0.25, -0.2) is 0 Å². The lowest BCUT2D eigenvalue weighted by atomic mass is 10.1. The van der Waals surface area contributed by atoms with E-state index in [1.165, 1.54) is 0 Å². The summed E-state index contributed by atoms with van der Waals surface area (Å²) in [4.78, 5) is 30.5. The third-order valence-corrected chi connectivity index (χ3v) is 4.03. The number of benzene rings is 1. The van der Waals surface area contributed by atoms with Crippen LogP contribution in [0.1, 0.15) is 48.2 Å². The molecule has 1 aromatic heterocycles. The number of anilines is 1. The minimum Gasteiger partial charge on any atom is -0.335 e. The largest absolute Gasteiger partial charge is 0.335 e. The van der Waals surface area contributed by atoms with Gasteiger partial charge in [-0.3, -0.25) is 14.6 Å². The summed E-state index contributed by atoms with van der Waals surface area (Å²) in [5.41, 5.74) is 3.25. The van der Waals surface area contributed by atoms with Crippen LogP contribution in [0.3, 0.4) is 0 Å². The Kier molecular flexibility index (Phi) is 6.69. The van der Waals surface area contributed by atoms with E-state index in [1.807, 2.05) is 45.0 Å². The predicted molar refractivity (Wildman–Crippen MR) is 99.4 cm³/mol. The summed E-state index contributed by atoms with van der Waals surface area (Å²) < 4.78 is 0. The van der Waals surface area contributed by atoms with Crippen molar-refractivity contribution >= 4 is 17.5 Å². The third kappa shape index (κ3) is 5.14. The molecule has 0 spiro atoms. The van der Waals surface area contributed by atoms with Crippen molar-refractivity contribution in [3.05, 3.63) is 59.4 Å². The molecule has 0 saturated heterocycles. The molecule has 0 fully saturated rings. The van der Waals surface area contributed by atoms with Crippen molar-refractivity contribution in [3.8, 4) is 0 Å². The number of pyridine rings is 1. The molecule has 1 heterocycles. The number of carbonyl (C=O) groups is 2. The second kappa shape index (κ2) is 8.97. The van der Waals surface area contributed by atoms with Gasteiger partial charge in [0.1, 0.15) is 0 Å². The zero-order valence-electron chi connectivity index (χ0n) is 15.1. The Morgan fingerprint density at radius 2 is 1.84 bits per heavy atom. The van der Waals surface area contributed by atoms with Crippen molar-refractivity contribution in [1.29, 1.82) is 0 Å². The molecular formula is C20H25N3O2. The average Bonchev–Trinajstić information content (AvgIpc) is 2.62. The van der Waals surface area contributed by atoms with Gasteiger partial charge in [0.2, 0.25) is 5.91 Å². The molecule has 0 unspecified atom stereocenters. The van der Waals surface area contributed by atoms with Crippen LogP contribution in [0.25, 0.3) is 0 Å². The lowest BCUT2D eigenvalue weighted by Gasteiger charge is -2.21.